The van der Waals surface area contributed by atoms with Crippen LogP contribution in [-0.2, 0) is 24.3 Å². The highest BCUT2D eigenvalue weighted by molar-refractivity contribution is 5.78. The quantitative estimate of drug-likeness (QED) is 0.644. The Bertz CT molecular complexity index is 886. The number of anilines is 1. The van der Waals surface area contributed by atoms with Crippen molar-refractivity contribution >= 4 is 11.7 Å². The van der Waals surface area contributed by atoms with Gasteiger partial charge in [-0.05, 0) is 43.0 Å². The van der Waals surface area contributed by atoms with Gasteiger partial charge in [-0.25, -0.2) is 4.98 Å². The van der Waals surface area contributed by atoms with Crippen LogP contribution in [0.3, 0.4) is 0 Å². The normalized spacial score (nSPS) is 20.1. The highest BCUT2D eigenvalue weighted by Crippen LogP contribution is 2.25. The van der Waals surface area contributed by atoms with E-state index in [1.54, 1.807) is 0 Å². The van der Waals surface area contributed by atoms with Crippen LogP contribution in [0.25, 0.3) is 0 Å². The highest BCUT2D eigenvalue weighted by Gasteiger charge is 2.30. The number of amides is 1. The lowest BCUT2D eigenvalue weighted by molar-refractivity contribution is -0.135. The van der Waals surface area contributed by atoms with Crippen molar-refractivity contribution in [2.75, 3.05) is 51.1 Å². The molecule has 172 valence electrons. The Hall–Kier alpha value is -2.38. The first-order valence-electron chi connectivity index (χ1n) is 12.3. The number of hydrogen-bond acceptors (Lipinski definition) is 5. The zero-order valence-electron chi connectivity index (χ0n) is 19.1. The highest BCUT2D eigenvalue weighted by atomic mass is 16.2. The van der Waals surface area contributed by atoms with Gasteiger partial charge in [0.15, 0.2) is 0 Å². The fraction of sp³-hybridized carbons (Fsp3) is 0.600. The summed E-state index contributed by atoms with van der Waals surface area (Å²) in [5.74, 6) is 1.25. The summed E-state index contributed by atoms with van der Waals surface area (Å²) in [5.41, 5.74) is 2.44. The number of carbonyl (C=O) groups excluding carboxylic acids is 1. The van der Waals surface area contributed by atoms with E-state index in [2.05, 4.69) is 61.2 Å². The van der Waals surface area contributed by atoms with Crippen molar-refractivity contribution in [1.82, 2.24) is 24.3 Å². The van der Waals surface area contributed by atoms with Crippen molar-refractivity contribution in [3.63, 3.8) is 0 Å². The summed E-state index contributed by atoms with van der Waals surface area (Å²) in [5, 5.41) is 3.46. The van der Waals surface area contributed by atoms with E-state index in [0.717, 1.165) is 77.1 Å². The SMILES string of the molecule is O=C(CN1CCc2nc(NCCCn3cccc3)ccc2C1)N1CCN(C2CCC2)CC1. The van der Waals surface area contributed by atoms with Crippen molar-refractivity contribution in [2.24, 2.45) is 0 Å². The van der Waals surface area contributed by atoms with Gasteiger partial charge in [-0.3, -0.25) is 14.6 Å². The average Bonchev–Trinajstić information content (AvgIpc) is 3.30. The largest absolute Gasteiger partial charge is 0.370 e. The van der Waals surface area contributed by atoms with Gasteiger partial charge in [0, 0.05) is 82.9 Å². The second-order valence-electron chi connectivity index (χ2n) is 9.47. The number of nitrogens with zero attached hydrogens (tertiary/aromatic N) is 5. The summed E-state index contributed by atoms with van der Waals surface area (Å²) >= 11 is 0. The molecule has 3 aliphatic rings. The number of nitrogens with one attached hydrogen (secondary N) is 1. The molecule has 7 heteroatoms. The summed E-state index contributed by atoms with van der Waals surface area (Å²) in [6.07, 6.45) is 10.3. The first kappa shape index (κ1) is 21.5. The fourth-order valence-corrected chi connectivity index (χ4v) is 5.08. The van der Waals surface area contributed by atoms with Gasteiger partial charge in [0.1, 0.15) is 5.82 Å². The molecule has 2 aromatic rings. The molecule has 2 aliphatic heterocycles. The first-order chi connectivity index (χ1) is 15.7. The van der Waals surface area contributed by atoms with Crippen molar-refractivity contribution in [3.8, 4) is 0 Å². The van der Waals surface area contributed by atoms with E-state index in [0.29, 0.717) is 6.54 Å². The van der Waals surface area contributed by atoms with Crippen LogP contribution in [0.5, 0.6) is 0 Å². The summed E-state index contributed by atoms with van der Waals surface area (Å²) in [6, 6.07) is 9.18. The molecule has 5 rings (SSSR count). The second kappa shape index (κ2) is 10.0. The Labute approximate surface area is 191 Å². The first-order valence-corrected chi connectivity index (χ1v) is 12.3. The van der Waals surface area contributed by atoms with E-state index in [1.165, 1.54) is 30.5 Å². The summed E-state index contributed by atoms with van der Waals surface area (Å²) in [7, 11) is 0. The maximum Gasteiger partial charge on any atom is 0.236 e. The minimum atomic E-state index is 0.288. The lowest BCUT2D eigenvalue weighted by atomic mass is 9.91. The maximum absolute atomic E-state index is 12.9. The molecule has 1 saturated heterocycles. The van der Waals surface area contributed by atoms with Gasteiger partial charge in [0.05, 0.1) is 6.54 Å². The van der Waals surface area contributed by atoms with Crippen molar-refractivity contribution in [2.45, 2.75) is 51.2 Å². The molecule has 1 aliphatic carbocycles. The smallest absolute Gasteiger partial charge is 0.236 e. The van der Waals surface area contributed by atoms with Crippen LogP contribution < -0.4 is 5.32 Å². The Morgan fingerprint density at radius 2 is 1.88 bits per heavy atom. The number of piperazine rings is 1. The molecule has 4 heterocycles. The number of fused-ring (bicyclic) bond motifs is 1. The summed E-state index contributed by atoms with van der Waals surface area (Å²) in [6.45, 7) is 8.06. The lowest BCUT2D eigenvalue weighted by Crippen LogP contribution is -2.55. The standard InChI is InChI=1S/C25H36N6O/c32-25(31-17-15-30(16-18-31)22-5-3-6-22)20-29-14-9-23-21(19-29)7-8-24(27-23)26-10-4-13-28-11-1-2-12-28/h1-2,7-8,11-12,22H,3-6,9-10,13-20H2,(H,26,27). The van der Waals surface area contributed by atoms with Gasteiger partial charge >= 0.3 is 0 Å². The van der Waals surface area contributed by atoms with Crippen molar-refractivity contribution in [1.29, 1.82) is 0 Å². The van der Waals surface area contributed by atoms with Gasteiger partial charge in [-0.2, -0.15) is 0 Å². The minimum Gasteiger partial charge on any atom is -0.370 e. The van der Waals surface area contributed by atoms with Crippen LogP contribution in [0.4, 0.5) is 5.82 Å². The third-order valence-corrected chi connectivity index (χ3v) is 7.31. The number of rotatable bonds is 8. The molecule has 0 bridgehead atoms. The summed E-state index contributed by atoms with van der Waals surface area (Å²) in [4.78, 5) is 24.7. The van der Waals surface area contributed by atoms with Crippen LogP contribution in [0.1, 0.15) is 36.9 Å². The van der Waals surface area contributed by atoms with Gasteiger partial charge in [-0.15, -0.1) is 0 Å². The molecule has 0 atom stereocenters. The van der Waals surface area contributed by atoms with E-state index in [4.69, 9.17) is 4.98 Å². The molecule has 0 spiro atoms. The van der Waals surface area contributed by atoms with E-state index in [1.807, 2.05) is 0 Å². The van der Waals surface area contributed by atoms with Gasteiger partial charge < -0.3 is 14.8 Å². The predicted molar refractivity (Wildman–Crippen MR) is 127 cm³/mol. The van der Waals surface area contributed by atoms with Crippen LogP contribution in [0, 0.1) is 0 Å². The van der Waals surface area contributed by atoms with Crippen molar-refractivity contribution < 1.29 is 4.79 Å². The Balaban J connectivity index is 1.06. The van der Waals surface area contributed by atoms with Crippen molar-refractivity contribution in [3.05, 3.63) is 47.9 Å². The minimum absolute atomic E-state index is 0.288. The van der Waals surface area contributed by atoms with E-state index in [-0.39, 0.29) is 5.91 Å². The number of aromatic nitrogens is 2. The monoisotopic (exact) mass is 436 g/mol. The number of aryl methyl sites for hydroxylation is 1. The van der Waals surface area contributed by atoms with Crippen LogP contribution in [-0.4, -0.2) is 82.0 Å². The molecule has 7 nitrogen and oxygen atoms in total. The number of pyridine rings is 1. The summed E-state index contributed by atoms with van der Waals surface area (Å²) < 4.78 is 2.20. The zero-order valence-corrected chi connectivity index (χ0v) is 19.1. The van der Waals surface area contributed by atoms with E-state index in [9.17, 15) is 4.79 Å². The molecule has 2 fully saturated rings. The Morgan fingerprint density at radius 3 is 2.62 bits per heavy atom. The molecule has 1 saturated carbocycles. The third kappa shape index (κ3) is 5.15. The maximum atomic E-state index is 12.9. The van der Waals surface area contributed by atoms with E-state index >= 15 is 0 Å². The van der Waals surface area contributed by atoms with Crippen LogP contribution in [0.2, 0.25) is 0 Å². The van der Waals surface area contributed by atoms with E-state index < -0.39 is 0 Å². The Morgan fingerprint density at radius 1 is 1.06 bits per heavy atom. The number of carbonyl (C=O) groups is 1. The molecular weight excluding hydrogens is 400 g/mol. The van der Waals surface area contributed by atoms with Crippen LogP contribution >= 0.6 is 0 Å². The Kier molecular flexibility index (Phi) is 6.74. The number of hydrogen-bond donors (Lipinski definition) is 1. The zero-order chi connectivity index (χ0) is 21.8. The molecule has 0 unspecified atom stereocenters. The topological polar surface area (TPSA) is 56.6 Å². The lowest BCUT2D eigenvalue weighted by Gasteiger charge is -2.43. The molecule has 2 aromatic heterocycles. The third-order valence-electron chi connectivity index (χ3n) is 7.31. The second-order valence-corrected chi connectivity index (χ2v) is 9.47. The molecule has 0 aromatic carbocycles. The van der Waals surface area contributed by atoms with Gasteiger partial charge in [0.25, 0.3) is 0 Å². The molecular formula is C25H36N6O. The predicted octanol–water partition coefficient (Wildman–Crippen LogP) is 2.44. The average molecular weight is 437 g/mol. The molecule has 1 amide bonds. The van der Waals surface area contributed by atoms with Gasteiger partial charge in [-0.1, -0.05) is 12.5 Å². The molecule has 0 radical (unpaired) electrons. The molecule has 32 heavy (non-hydrogen) atoms. The van der Waals surface area contributed by atoms with Crippen LogP contribution in [0.15, 0.2) is 36.7 Å². The molecule has 1 N–H and O–H groups in total. The van der Waals surface area contributed by atoms with Gasteiger partial charge in [0.2, 0.25) is 5.91 Å². The fourth-order valence-electron chi connectivity index (χ4n) is 5.08.